The van der Waals surface area contributed by atoms with Gasteiger partial charge in [0.25, 0.3) is 0 Å². The van der Waals surface area contributed by atoms with E-state index in [0.29, 0.717) is 9.75 Å². The van der Waals surface area contributed by atoms with Gasteiger partial charge in [0.05, 0.1) is 21.8 Å². The number of H-pyrrole nitrogens is 1. The summed E-state index contributed by atoms with van der Waals surface area (Å²) >= 11 is 2.32. The lowest BCUT2D eigenvalue weighted by Gasteiger charge is -2.10. The zero-order chi connectivity index (χ0) is 16.9. The summed E-state index contributed by atoms with van der Waals surface area (Å²) in [5, 5.41) is 14.9. The van der Waals surface area contributed by atoms with E-state index in [1.807, 2.05) is 0 Å². The average Bonchev–Trinajstić information content (AvgIpc) is 3.26. The minimum absolute atomic E-state index is 0.0473. The Morgan fingerprint density at radius 2 is 2.08 bits per heavy atom. The number of pyridine rings is 1. The van der Waals surface area contributed by atoms with Crippen molar-refractivity contribution in [1.82, 2.24) is 25.6 Å². The number of fused-ring (bicyclic) bond motifs is 1. The maximum Gasteiger partial charge on any atom is 0.417 e. The number of alkyl halides is 3. The third-order valence-corrected chi connectivity index (χ3v) is 5.31. The molecule has 4 aromatic heterocycles. The van der Waals surface area contributed by atoms with E-state index >= 15 is 0 Å². The van der Waals surface area contributed by atoms with Gasteiger partial charge in [0.15, 0.2) is 0 Å². The van der Waals surface area contributed by atoms with E-state index in [-0.39, 0.29) is 27.4 Å². The molecule has 4 heterocycles. The number of nitrogens with one attached hydrogen (secondary N) is 1. The molecule has 0 spiro atoms. The molecule has 4 aromatic rings. The molecule has 0 aliphatic carbocycles. The largest absolute Gasteiger partial charge is 0.417 e. The maximum atomic E-state index is 13.5. The summed E-state index contributed by atoms with van der Waals surface area (Å²) in [4.78, 5) is 5.49. The van der Waals surface area contributed by atoms with Crippen LogP contribution < -0.4 is 5.73 Å². The van der Waals surface area contributed by atoms with Crippen molar-refractivity contribution in [2.45, 2.75) is 6.18 Å². The maximum absolute atomic E-state index is 13.5. The molecule has 0 atom stereocenters. The van der Waals surface area contributed by atoms with Crippen LogP contribution in [0.3, 0.4) is 0 Å². The summed E-state index contributed by atoms with van der Waals surface area (Å²) in [5.41, 5.74) is 5.34. The van der Waals surface area contributed by atoms with Crippen molar-refractivity contribution >= 4 is 38.6 Å². The summed E-state index contributed by atoms with van der Waals surface area (Å²) in [5.74, 6) is 0.140. The van der Waals surface area contributed by atoms with Crippen molar-refractivity contribution < 1.29 is 13.2 Å². The van der Waals surface area contributed by atoms with Gasteiger partial charge < -0.3 is 5.73 Å². The number of thiophene rings is 2. The van der Waals surface area contributed by atoms with Crippen LogP contribution in [0.5, 0.6) is 0 Å². The minimum atomic E-state index is -4.56. The van der Waals surface area contributed by atoms with E-state index in [1.54, 1.807) is 17.5 Å². The predicted molar refractivity (Wildman–Crippen MR) is 85.5 cm³/mol. The number of aromatic nitrogens is 5. The van der Waals surface area contributed by atoms with Crippen molar-refractivity contribution in [2.75, 3.05) is 5.73 Å². The lowest BCUT2D eigenvalue weighted by molar-refractivity contribution is -0.136. The summed E-state index contributed by atoms with van der Waals surface area (Å²) in [6.45, 7) is 0. The first-order valence-electron chi connectivity index (χ1n) is 6.53. The van der Waals surface area contributed by atoms with Gasteiger partial charge in [0, 0.05) is 5.39 Å². The first-order valence-corrected chi connectivity index (χ1v) is 8.22. The lowest BCUT2D eigenvalue weighted by atomic mass is 10.1. The van der Waals surface area contributed by atoms with Crippen molar-refractivity contribution in [3.05, 3.63) is 29.1 Å². The van der Waals surface area contributed by atoms with E-state index < -0.39 is 11.7 Å². The van der Waals surface area contributed by atoms with Gasteiger partial charge >= 0.3 is 6.18 Å². The second-order valence-electron chi connectivity index (χ2n) is 4.79. The van der Waals surface area contributed by atoms with E-state index in [9.17, 15) is 13.2 Å². The third kappa shape index (κ3) is 2.32. The molecule has 6 nitrogen and oxygen atoms in total. The van der Waals surface area contributed by atoms with Crippen LogP contribution in [-0.2, 0) is 6.18 Å². The highest BCUT2D eigenvalue weighted by molar-refractivity contribution is 7.22. The van der Waals surface area contributed by atoms with Gasteiger partial charge in [-0.25, -0.2) is 4.98 Å². The zero-order valence-electron chi connectivity index (χ0n) is 11.6. The molecule has 4 rings (SSSR count). The first-order chi connectivity index (χ1) is 11.4. The fourth-order valence-corrected chi connectivity index (χ4v) is 4.05. The molecule has 0 aromatic carbocycles. The molecule has 24 heavy (non-hydrogen) atoms. The summed E-state index contributed by atoms with van der Waals surface area (Å²) in [6.07, 6.45) is -4.56. The van der Waals surface area contributed by atoms with Crippen LogP contribution in [0.1, 0.15) is 5.56 Å². The molecular formula is C13H7F3N6S2. The number of anilines is 1. The molecule has 3 N–H and O–H groups in total. The van der Waals surface area contributed by atoms with Crippen molar-refractivity contribution in [1.29, 1.82) is 0 Å². The molecule has 0 aliphatic rings. The Kier molecular flexibility index (Phi) is 3.28. The minimum Gasteiger partial charge on any atom is -0.397 e. The van der Waals surface area contributed by atoms with Gasteiger partial charge in [-0.2, -0.15) is 18.4 Å². The standard InChI is InChI=1S/C13H7F3N6S2/c14-13(15,16)5-4-6(7-2-1-3-23-7)18-12-8(5)9(17)10(24-12)11-19-21-22-20-11/h1-4H,17H2,(H,19,20,21,22). The second-order valence-corrected chi connectivity index (χ2v) is 6.74. The number of nitrogens with zero attached hydrogens (tertiary/aromatic N) is 4. The van der Waals surface area contributed by atoms with Crippen LogP contribution in [0, 0.1) is 0 Å². The van der Waals surface area contributed by atoms with Gasteiger partial charge in [-0.05, 0) is 22.7 Å². The summed E-state index contributed by atoms with van der Waals surface area (Å²) < 4.78 is 40.6. The smallest absolute Gasteiger partial charge is 0.397 e. The molecule has 0 fully saturated rings. The Morgan fingerprint density at radius 1 is 1.25 bits per heavy atom. The van der Waals surface area contributed by atoms with E-state index in [0.717, 1.165) is 17.4 Å². The summed E-state index contributed by atoms with van der Waals surface area (Å²) in [6, 6.07) is 4.50. The number of aromatic amines is 1. The number of rotatable bonds is 2. The van der Waals surface area contributed by atoms with Crippen molar-refractivity contribution in [3.8, 4) is 21.3 Å². The predicted octanol–water partition coefficient (Wildman–Crippen LogP) is 3.81. The van der Waals surface area contributed by atoms with Crippen LogP contribution in [-0.4, -0.2) is 25.6 Å². The number of hydrogen-bond donors (Lipinski definition) is 2. The van der Waals surface area contributed by atoms with E-state index in [1.165, 1.54) is 11.3 Å². The molecule has 0 radical (unpaired) electrons. The average molecular weight is 368 g/mol. The quantitative estimate of drug-likeness (QED) is 0.561. The fraction of sp³-hybridized carbons (Fsp3) is 0.0769. The Hall–Kier alpha value is -2.53. The Bertz CT molecular complexity index is 1000. The highest BCUT2D eigenvalue weighted by atomic mass is 32.1. The van der Waals surface area contributed by atoms with Gasteiger partial charge in [-0.15, -0.1) is 32.9 Å². The Morgan fingerprint density at radius 3 is 2.71 bits per heavy atom. The van der Waals surface area contributed by atoms with E-state index in [2.05, 4.69) is 25.6 Å². The highest BCUT2D eigenvalue weighted by Crippen LogP contribution is 2.46. The van der Waals surface area contributed by atoms with Crippen molar-refractivity contribution in [2.24, 2.45) is 0 Å². The fourth-order valence-electron chi connectivity index (χ4n) is 2.32. The zero-order valence-corrected chi connectivity index (χ0v) is 13.3. The number of nitrogens with two attached hydrogens (primary N) is 1. The van der Waals surface area contributed by atoms with Crippen LogP contribution in [0.25, 0.3) is 31.5 Å². The lowest BCUT2D eigenvalue weighted by Crippen LogP contribution is -2.07. The SMILES string of the molecule is Nc1c(-c2nn[nH]n2)sc2nc(-c3cccs3)cc(C(F)(F)F)c12. The second kappa shape index (κ2) is 5.24. The van der Waals surface area contributed by atoms with Crippen LogP contribution in [0.15, 0.2) is 23.6 Å². The molecule has 0 amide bonds. The topological polar surface area (TPSA) is 93.4 Å². The van der Waals surface area contributed by atoms with Gasteiger partial charge in [0.1, 0.15) is 9.71 Å². The molecule has 11 heteroatoms. The van der Waals surface area contributed by atoms with Gasteiger partial charge in [0.2, 0.25) is 5.82 Å². The third-order valence-electron chi connectivity index (χ3n) is 3.33. The molecule has 122 valence electrons. The molecule has 0 bridgehead atoms. The van der Waals surface area contributed by atoms with Gasteiger partial charge in [-0.1, -0.05) is 6.07 Å². The highest BCUT2D eigenvalue weighted by Gasteiger charge is 2.36. The van der Waals surface area contributed by atoms with Crippen molar-refractivity contribution in [3.63, 3.8) is 0 Å². The van der Waals surface area contributed by atoms with Crippen LogP contribution in [0.4, 0.5) is 18.9 Å². The van der Waals surface area contributed by atoms with Crippen LogP contribution >= 0.6 is 22.7 Å². The molecule has 0 aliphatic heterocycles. The number of tetrazole rings is 1. The normalized spacial score (nSPS) is 12.1. The molecule has 0 saturated carbocycles. The number of hydrogen-bond acceptors (Lipinski definition) is 7. The Labute approximate surface area is 140 Å². The molecule has 0 unspecified atom stereocenters. The number of nitrogen functional groups attached to an aromatic ring is 1. The van der Waals surface area contributed by atoms with Crippen LogP contribution in [0.2, 0.25) is 0 Å². The molecule has 0 saturated heterocycles. The van der Waals surface area contributed by atoms with E-state index in [4.69, 9.17) is 5.73 Å². The monoisotopic (exact) mass is 368 g/mol. The molecular weight excluding hydrogens is 361 g/mol. The van der Waals surface area contributed by atoms with Gasteiger partial charge in [-0.3, -0.25) is 0 Å². The first kappa shape index (κ1) is 15.0. The Balaban J connectivity index is 2.05. The number of halogens is 3. The summed E-state index contributed by atoms with van der Waals surface area (Å²) in [7, 11) is 0.